The number of hydrogen-bond donors (Lipinski definition) is 2. The average molecular weight is 795 g/mol. The summed E-state index contributed by atoms with van der Waals surface area (Å²) in [6, 6.07) is 17.5. The van der Waals surface area contributed by atoms with E-state index in [1.165, 1.54) is 67.8 Å². The van der Waals surface area contributed by atoms with Crippen LogP contribution >= 0.6 is 0 Å². The van der Waals surface area contributed by atoms with Gasteiger partial charge in [0.15, 0.2) is 17.3 Å². The molecule has 0 saturated heterocycles. The van der Waals surface area contributed by atoms with Gasteiger partial charge in [0.25, 0.3) is 0 Å². The topological polar surface area (TPSA) is 207 Å². The normalized spacial score (nSPS) is 12.1. The van der Waals surface area contributed by atoms with Crippen molar-refractivity contribution in [2.24, 2.45) is 5.41 Å². The summed E-state index contributed by atoms with van der Waals surface area (Å²) in [4.78, 5) is 103. The van der Waals surface area contributed by atoms with Crippen LogP contribution in [0.5, 0.6) is 0 Å². The van der Waals surface area contributed by atoms with E-state index < -0.39 is 17.9 Å². The van der Waals surface area contributed by atoms with E-state index in [0.717, 1.165) is 19.3 Å². The fourth-order valence-corrected chi connectivity index (χ4v) is 5.87. The minimum atomic E-state index is -1.07. The van der Waals surface area contributed by atoms with Gasteiger partial charge in [0.2, 0.25) is 0 Å². The first kappa shape index (κ1) is 46.2. The number of methoxy groups -OCH3 is 1. The molecule has 0 saturated carbocycles. The highest BCUT2D eigenvalue weighted by molar-refractivity contribution is 5.99. The Morgan fingerprint density at radius 3 is 1.11 bits per heavy atom. The molecule has 3 aromatic rings. The third-order valence-electron chi connectivity index (χ3n) is 9.36. The SMILES string of the molecule is CCC(CCCOOCCC(=O)c1ccc(C(=O)O)cc1)(CCCOOCCC(=O)c1ccc(C(=O)OC)cc1)CCOOCCC(=O)c1ccc(C(=O)O)cc1. The molecule has 0 amide bonds. The molecule has 0 fully saturated rings. The number of hydrogen-bond acceptors (Lipinski definition) is 13. The molecule has 3 aromatic carbocycles. The summed E-state index contributed by atoms with van der Waals surface area (Å²) in [5, 5.41) is 18.1. The molecule has 0 aromatic heterocycles. The van der Waals surface area contributed by atoms with E-state index in [2.05, 4.69) is 11.7 Å². The lowest BCUT2D eigenvalue weighted by atomic mass is 9.74. The van der Waals surface area contributed by atoms with E-state index in [0.29, 0.717) is 41.5 Å². The number of rotatable bonds is 30. The highest BCUT2D eigenvalue weighted by Crippen LogP contribution is 2.37. The molecule has 0 radical (unpaired) electrons. The molecule has 15 heteroatoms. The Kier molecular flexibility index (Phi) is 20.4. The van der Waals surface area contributed by atoms with Crippen LogP contribution in [0, 0.1) is 5.41 Å². The molecule has 0 aliphatic carbocycles. The standard InChI is InChI=1S/C42H50O15/c1-3-42(23-29-57-56-28-20-37(44)31-8-14-34(15-9-31)40(48)49,21-4-24-52-54-26-18-36(43)30-6-12-33(13-7-30)39(46)47)22-5-25-53-55-27-19-38(45)32-10-16-35(17-11-32)41(50)51-2/h6-17H,3-5,18-29H2,1-2H3,(H,46,47)(H,48,49). The average Bonchev–Trinajstić information content (AvgIpc) is 3.23. The minimum absolute atomic E-state index is 0.0203. The number of ketones is 3. The van der Waals surface area contributed by atoms with E-state index in [4.69, 9.17) is 39.5 Å². The second-order valence-corrected chi connectivity index (χ2v) is 13.1. The molecule has 2 N–H and O–H groups in total. The van der Waals surface area contributed by atoms with E-state index >= 15 is 0 Å². The first-order valence-electron chi connectivity index (χ1n) is 18.7. The van der Waals surface area contributed by atoms with Crippen molar-refractivity contribution in [2.75, 3.05) is 46.8 Å². The van der Waals surface area contributed by atoms with Crippen LogP contribution in [0.1, 0.15) is 127 Å². The number of Topliss-reactive ketones (excluding diaryl/α,β-unsaturated/α-hetero) is 3. The number of carbonyl (C=O) groups excluding carboxylic acids is 4. The molecule has 0 spiro atoms. The molecular formula is C42H50O15. The van der Waals surface area contributed by atoms with Crippen molar-refractivity contribution >= 4 is 35.3 Å². The molecule has 57 heavy (non-hydrogen) atoms. The van der Waals surface area contributed by atoms with Crippen LogP contribution < -0.4 is 0 Å². The number of benzene rings is 3. The zero-order valence-corrected chi connectivity index (χ0v) is 32.2. The van der Waals surface area contributed by atoms with Gasteiger partial charge in [-0.3, -0.25) is 14.4 Å². The van der Waals surface area contributed by atoms with Gasteiger partial charge in [-0.2, -0.15) is 0 Å². The van der Waals surface area contributed by atoms with Gasteiger partial charge in [-0.15, -0.1) is 0 Å². The lowest BCUT2D eigenvalue weighted by molar-refractivity contribution is -0.300. The number of carboxylic acid groups (broad SMARTS) is 2. The van der Waals surface area contributed by atoms with Gasteiger partial charge in [0.05, 0.1) is 63.4 Å². The van der Waals surface area contributed by atoms with Crippen LogP contribution in [0.15, 0.2) is 72.8 Å². The largest absolute Gasteiger partial charge is 0.478 e. The first-order chi connectivity index (χ1) is 27.5. The fourth-order valence-electron chi connectivity index (χ4n) is 5.87. The van der Waals surface area contributed by atoms with E-state index in [-0.39, 0.29) is 92.8 Å². The monoisotopic (exact) mass is 794 g/mol. The molecule has 0 bridgehead atoms. The molecule has 3 rings (SSSR count). The summed E-state index contributed by atoms with van der Waals surface area (Å²) in [5.41, 5.74) is 1.53. The Bertz CT molecular complexity index is 1740. The van der Waals surface area contributed by atoms with Crippen molar-refractivity contribution in [3.63, 3.8) is 0 Å². The Labute approximate surface area is 330 Å². The molecule has 1 atom stereocenters. The Hall–Kier alpha value is -5.16. The number of carboxylic acids is 2. The van der Waals surface area contributed by atoms with Crippen LogP contribution in [0.3, 0.4) is 0 Å². The summed E-state index contributed by atoms with van der Waals surface area (Å²) in [6.45, 7) is 2.98. The molecule has 0 heterocycles. The van der Waals surface area contributed by atoms with Crippen LogP contribution in [-0.4, -0.2) is 92.2 Å². The molecule has 0 aliphatic rings. The molecule has 15 nitrogen and oxygen atoms in total. The maximum atomic E-state index is 12.5. The third-order valence-corrected chi connectivity index (χ3v) is 9.36. The first-order valence-corrected chi connectivity index (χ1v) is 18.7. The van der Waals surface area contributed by atoms with Gasteiger partial charge >= 0.3 is 17.9 Å². The van der Waals surface area contributed by atoms with Crippen molar-refractivity contribution in [1.82, 2.24) is 0 Å². The highest BCUT2D eigenvalue weighted by Gasteiger charge is 2.28. The lowest BCUT2D eigenvalue weighted by Crippen LogP contribution is -2.24. The summed E-state index contributed by atoms with van der Waals surface area (Å²) in [7, 11) is 1.29. The fraction of sp³-hybridized carbons (Fsp3) is 0.429. The number of aromatic carboxylic acids is 2. The maximum absolute atomic E-state index is 12.5. The zero-order chi connectivity index (χ0) is 41.5. The number of ether oxygens (including phenoxy) is 1. The van der Waals surface area contributed by atoms with Crippen molar-refractivity contribution < 1.29 is 73.0 Å². The predicted octanol–water partition coefficient (Wildman–Crippen LogP) is 7.18. The summed E-state index contributed by atoms with van der Waals surface area (Å²) in [5.74, 6) is -3.20. The summed E-state index contributed by atoms with van der Waals surface area (Å²) >= 11 is 0. The van der Waals surface area contributed by atoms with Crippen molar-refractivity contribution in [3.8, 4) is 0 Å². The molecular weight excluding hydrogens is 744 g/mol. The van der Waals surface area contributed by atoms with Gasteiger partial charge in [0.1, 0.15) is 0 Å². The molecule has 1 unspecified atom stereocenters. The molecule has 0 aliphatic heterocycles. The number of carbonyl (C=O) groups is 6. The smallest absolute Gasteiger partial charge is 0.337 e. The van der Waals surface area contributed by atoms with E-state index in [1.807, 2.05) is 0 Å². The van der Waals surface area contributed by atoms with E-state index in [1.54, 1.807) is 12.1 Å². The summed E-state index contributed by atoms with van der Waals surface area (Å²) < 4.78 is 4.67. The van der Waals surface area contributed by atoms with Gasteiger partial charge in [-0.1, -0.05) is 49.7 Å². The minimum Gasteiger partial charge on any atom is -0.478 e. The van der Waals surface area contributed by atoms with Gasteiger partial charge in [-0.05, 0) is 73.9 Å². The van der Waals surface area contributed by atoms with E-state index in [9.17, 15) is 28.8 Å². The highest BCUT2D eigenvalue weighted by atomic mass is 17.2. The third kappa shape index (κ3) is 16.5. The predicted molar refractivity (Wildman–Crippen MR) is 203 cm³/mol. The van der Waals surface area contributed by atoms with Gasteiger partial charge in [0, 0.05) is 36.0 Å². The second kappa shape index (κ2) is 25.2. The Morgan fingerprint density at radius 2 is 0.772 bits per heavy atom. The summed E-state index contributed by atoms with van der Waals surface area (Å²) in [6.07, 6.45) is 4.36. The van der Waals surface area contributed by atoms with Crippen molar-refractivity contribution in [3.05, 3.63) is 106 Å². The Morgan fingerprint density at radius 1 is 0.456 bits per heavy atom. The van der Waals surface area contributed by atoms with Crippen LogP contribution in [0.2, 0.25) is 0 Å². The quantitative estimate of drug-likeness (QED) is 0.0225. The Balaban J connectivity index is 1.41. The zero-order valence-electron chi connectivity index (χ0n) is 32.2. The van der Waals surface area contributed by atoms with Crippen molar-refractivity contribution in [2.45, 2.75) is 64.7 Å². The van der Waals surface area contributed by atoms with Crippen molar-refractivity contribution in [1.29, 1.82) is 0 Å². The number of esters is 1. The molecule has 308 valence electrons. The lowest BCUT2D eigenvalue weighted by Gasteiger charge is -2.33. The van der Waals surface area contributed by atoms with Crippen LogP contribution in [0.25, 0.3) is 0 Å². The van der Waals surface area contributed by atoms with Crippen LogP contribution in [-0.2, 0) is 34.1 Å². The van der Waals surface area contributed by atoms with Gasteiger partial charge in [-0.25, -0.2) is 43.7 Å². The van der Waals surface area contributed by atoms with Crippen LogP contribution in [0.4, 0.5) is 0 Å². The maximum Gasteiger partial charge on any atom is 0.337 e. The van der Waals surface area contributed by atoms with Gasteiger partial charge < -0.3 is 14.9 Å². The second-order valence-electron chi connectivity index (χ2n) is 13.1.